The lowest BCUT2D eigenvalue weighted by Gasteiger charge is -2.60. The molecule has 9 saturated heterocycles. The van der Waals surface area contributed by atoms with Crippen molar-refractivity contribution in [3.63, 3.8) is 0 Å². The van der Waals surface area contributed by atoms with Gasteiger partial charge in [-0.15, -0.1) is 0 Å². The van der Waals surface area contributed by atoms with Crippen molar-refractivity contribution in [1.82, 2.24) is 0 Å². The van der Waals surface area contributed by atoms with Crippen LogP contribution in [0.4, 0.5) is 0 Å². The van der Waals surface area contributed by atoms with Gasteiger partial charge in [0.2, 0.25) is 0 Å². The Morgan fingerprint density at radius 1 is 0.404 bits per heavy atom. The molecule has 27 heteroatoms. The highest BCUT2D eigenvalue weighted by atomic mass is 16.8. The van der Waals surface area contributed by atoms with Crippen LogP contribution in [0, 0.1) is 81.3 Å². The van der Waals surface area contributed by atoms with Gasteiger partial charge in [0, 0.05) is 133 Å². The number of rotatable bonds is 2. The van der Waals surface area contributed by atoms with E-state index >= 15 is 0 Å². The maximum absolute atomic E-state index is 13.6. The Labute approximate surface area is 800 Å². The van der Waals surface area contributed by atoms with E-state index in [4.69, 9.17) is 96.2 Å². The number of phenols is 1. The van der Waals surface area contributed by atoms with Gasteiger partial charge in [-0.2, -0.15) is 0 Å². The van der Waals surface area contributed by atoms with Gasteiger partial charge in [0.15, 0.2) is 46.3 Å². The van der Waals surface area contributed by atoms with Crippen molar-refractivity contribution in [1.29, 1.82) is 0 Å². The lowest BCUT2D eigenvalue weighted by Crippen LogP contribution is -2.65. The molecular formula is C109H152O27. The lowest BCUT2D eigenvalue weighted by atomic mass is 9.50. The van der Waals surface area contributed by atoms with E-state index in [1.165, 1.54) is 74.9 Å². The predicted molar refractivity (Wildman–Crippen MR) is 491 cm³/mol. The van der Waals surface area contributed by atoms with Crippen molar-refractivity contribution in [2.75, 3.05) is 119 Å². The number of phenolic OH excluding ortho intramolecular Hbond substituents is 1. The first-order valence-electron chi connectivity index (χ1n) is 53.0. The third-order valence-corrected chi connectivity index (χ3v) is 41.9. The normalized spacial score (nSPS) is 44.8. The molecule has 0 aromatic heterocycles. The number of aliphatic hydroxyl groups is 8. The van der Waals surface area contributed by atoms with Gasteiger partial charge in [-0.1, -0.05) is 75.6 Å². The zero-order valence-corrected chi connectivity index (χ0v) is 81.3. The number of carbonyl (C=O) groups is 2. The fourth-order valence-corrected chi connectivity index (χ4v) is 36.7. The van der Waals surface area contributed by atoms with Crippen LogP contribution in [-0.4, -0.2) is 263 Å². The fourth-order valence-electron chi connectivity index (χ4n) is 36.7. The van der Waals surface area contributed by atoms with Crippen molar-refractivity contribution >= 4 is 11.6 Å². The second-order valence-corrected chi connectivity index (χ2v) is 47.5. The van der Waals surface area contributed by atoms with Crippen molar-refractivity contribution in [2.24, 2.45) is 74.4 Å². The first kappa shape index (κ1) is 95.4. The van der Waals surface area contributed by atoms with Crippen molar-refractivity contribution in [2.45, 2.75) is 365 Å². The van der Waals surface area contributed by atoms with Crippen molar-refractivity contribution < 1.29 is 131 Å². The SMILES string of the molecule is C[C@]12CC(=O)C3=C4CCC5(C[C@]46CCC3(O6)[C@@H]1CCC21OCCO1)OCCO5.C[C@]12CC[C@@H]3c4ccc(O)cc4CC[C@H]3[C@@H]1CCC2=O.C[C@]12C[C@@H](O)[C@@H]3C4=C(CC[C@]3(O)[C@@H]1CCC21OCCO1)CC1(CC4)OCCO1.C[C@]12C[C@H](O)C3=C4CCC5(C[C@]46CCC3(O6)[C@@H]1CCC21OCCO1)OCCO5.Cc1ccc2c(c1)CC[C@@H]1[C@@H]2[C@H](O)C[C@@]2(C)[C@H]1CCC21OCCO1.OCCO.OCCO. The number of benzene rings is 2. The Morgan fingerprint density at radius 3 is 1.51 bits per heavy atom. The number of fused-ring (bicyclic) bond motifs is 20. The predicted octanol–water partition coefficient (Wildman–Crippen LogP) is 12.7. The van der Waals surface area contributed by atoms with Crippen LogP contribution in [0.25, 0.3) is 0 Å². The van der Waals surface area contributed by atoms with E-state index in [-0.39, 0.29) is 99.9 Å². The number of Topliss-reactive ketones (excluding diaryl/α,β-unsaturated/α-hetero) is 2. The summed E-state index contributed by atoms with van der Waals surface area (Å²) >= 11 is 0. The molecule has 9 N–H and O–H groups in total. The fraction of sp³-hybridized carbons (Fsp3) is 0.817. The highest BCUT2D eigenvalue weighted by molar-refractivity contribution is 6.01. The summed E-state index contributed by atoms with van der Waals surface area (Å²) in [6, 6.07) is 12.7. The molecule has 11 heterocycles. The number of hydrogen-bond acceptors (Lipinski definition) is 27. The van der Waals surface area contributed by atoms with Crippen LogP contribution in [0.2, 0.25) is 0 Å². The minimum absolute atomic E-state index is 0.0322. The molecule has 2 aromatic carbocycles. The van der Waals surface area contributed by atoms with Gasteiger partial charge in [-0.05, 0) is 241 Å². The standard InChI is InChI=1S/C22H30O6.C22H28O6.C22H32O6.C21H28O3.C18H22O2.2C2H6O2/c2*1-18-12-15(23)17-14-2-4-20(24-8-9-25-20)13-19(14)6-7-21(17,28-19)16(18)3-5-22(18)26-10-11-27-22;1-19-13-16(23)18-15-3-5-20(25-8-9-26-20)12-14(15)2-6-21(18,24)17(19)4-7-22(19)27-10-11-28-22;1-13-3-5-15-14(11-13)4-6-16-17-7-8-21(23-9-10-24-21)20(17,2)12-18(22)19(15)16;1-18-9-8-14-13-5-3-12(19)10-11(13)2-4-15(14)16(18)6-7-17(18)20;2*3-1-2-4/h15-16,23H,2-13H2,1H3;16H,2-13H2,1H3;16-18,23-24H,2-13H2,1H3;3,5,11,16-19,22H,4,6-10,12H2,1-2H3;3,5,10,14-16,19H,2,4,6-9H2,1H3;2*3-4H,1-2H2/t15-,16+,18-,19+,21?;16-,18+,19-,21?;16-,17-,18+,19+,21+;16-,17-,18+,19+,20-;14-,15-,16+,18+;;/m01101../s1. The molecule has 16 aliphatic carbocycles. The van der Waals surface area contributed by atoms with E-state index in [9.17, 15) is 35.1 Å². The smallest absolute Gasteiger partial charge is 0.174 e. The summed E-state index contributed by atoms with van der Waals surface area (Å²) in [4.78, 5) is 25.9. The van der Waals surface area contributed by atoms with Gasteiger partial charge < -0.3 is 122 Å². The summed E-state index contributed by atoms with van der Waals surface area (Å²) in [6.45, 7) is 22.0. The van der Waals surface area contributed by atoms with E-state index in [0.29, 0.717) is 171 Å². The molecule has 2 unspecified atom stereocenters. The molecule has 11 spiro atoms. The number of aryl methyl sites for hydroxylation is 3. The highest BCUT2D eigenvalue weighted by Crippen LogP contribution is 2.78. The van der Waals surface area contributed by atoms with Gasteiger partial charge in [0.25, 0.3) is 0 Å². The molecule has 29 rings (SSSR count). The first-order chi connectivity index (χ1) is 65.3. The van der Waals surface area contributed by atoms with Crippen LogP contribution < -0.4 is 0 Å². The van der Waals surface area contributed by atoms with Crippen molar-refractivity contribution in [3.8, 4) is 5.75 Å². The minimum Gasteiger partial charge on any atom is -0.508 e. The number of aliphatic hydroxyl groups excluding tert-OH is 7. The average Bonchev–Trinajstić information content (AvgIpc) is 1.49. The molecule has 27 aliphatic rings. The van der Waals surface area contributed by atoms with Crippen molar-refractivity contribution in [3.05, 3.63) is 97.7 Å². The summed E-state index contributed by atoms with van der Waals surface area (Å²) in [7, 11) is 0. The molecule has 27 nitrogen and oxygen atoms in total. The summed E-state index contributed by atoms with van der Waals surface area (Å²) in [5.74, 6) is 1.35. The van der Waals surface area contributed by atoms with E-state index < -0.39 is 63.9 Å². The van der Waals surface area contributed by atoms with Crippen LogP contribution in [0.1, 0.15) is 286 Å². The molecular weight excluding hydrogens is 1740 g/mol. The summed E-state index contributed by atoms with van der Waals surface area (Å²) < 4.78 is 99.6. The Hall–Kier alpha value is -4.16. The van der Waals surface area contributed by atoms with Crippen LogP contribution >= 0.6 is 0 Å². The second-order valence-electron chi connectivity index (χ2n) is 47.5. The second kappa shape index (κ2) is 34.2. The van der Waals surface area contributed by atoms with E-state index in [0.717, 1.165) is 185 Å². The van der Waals surface area contributed by atoms with Gasteiger partial charge in [-0.25, -0.2) is 0 Å². The number of aromatic hydroxyl groups is 1. The quantitative estimate of drug-likeness (QED) is 0.126. The van der Waals surface area contributed by atoms with Crippen LogP contribution in [0.3, 0.4) is 0 Å². The summed E-state index contributed by atoms with van der Waals surface area (Å²) in [6.07, 6.45) is 30.5. The molecule has 11 aliphatic heterocycles. The zero-order valence-electron chi connectivity index (χ0n) is 81.3. The number of ether oxygens (including phenoxy) is 16. The summed E-state index contributed by atoms with van der Waals surface area (Å²) in [5, 5.41) is 86.2. The lowest BCUT2D eigenvalue weighted by molar-refractivity contribution is -0.274. The average molecular weight is 1890 g/mol. The van der Waals surface area contributed by atoms with Crippen LogP contribution in [0.15, 0.2) is 69.8 Å². The molecule has 0 amide bonds. The van der Waals surface area contributed by atoms with Gasteiger partial charge in [0.1, 0.15) is 17.1 Å². The minimum atomic E-state index is -0.883. The van der Waals surface area contributed by atoms with E-state index in [2.05, 4.69) is 65.8 Å². The summed E-state index contributed by atoms with van der Waals surface area (Å²) in [5.41, 5.74) is 11.1. The molecule has 2 aromatic rings. The third-order valence-electron chi connectivity index (χ3n) is 41.9. The van der Waals surface area contributed by atoms with Gasteiger partial charge in [-0.3, -0.25) is 9.59 Å². The molecule has 12 saturated carbocycles. The maximum Gasteiger partial charge on any atom is 0.174 e. The van der Waals surface area contributed by atoms with Gasteiger partial charge >= 0.3 is 0 Å². The Bertz CT molecular complexity index is 4990. The Kier molecular flexibility index (Phi) is 24.0. The largest absolute Gasteiger partial charge is 0.508 e. The molecule has 21 fully saturated rings. The molecule has 750 valence electrons. The Balaban J connectivity index is 0.0000000941. The number of hydrogen-bond donors (Lipinski definition) is 9. The zero-order chi connectivity index (χ0) is 94.1. The highest BCUT2D eigenvalue weighted by Gasteiger charge is 2.81. The Morgan fingerprint density at radius 2 is 0.897 bits per heavy atom. The first-order valence-corrected chi connectivity index (χ1v) is 53.0. The van der Waals surface area contributed by atoms with Gasteiger partial charge in [0.05, 0.1) is 160 Å². The van der Waals surface area contributed by atoms with E-state index in [1.54, 1.807) is 0 Å². The maximum atomic E-state index is 13.6. The monoisotopic (exact) mass is 1890 g/mol. The van der Waals surface area contributed by atoms with Crippen LogP contribution in [0.5, 0.6) is 5.75 Å². The van der Waals surface area contributed by atoms with Crippen LogP contribution in [-0.2, 0) is 98.2 Å². The molecule has 0 radical (unpaired) electrons. The molecule has 4 bridgehead atoms. The topological polar surface area (TPSA) is 364 Å². The number of carbonyl (C=O) groups excluding carboxylic acids is 2. The number of ketones is 2. The molecule has 23 atom stereocenters. The third kappa shape index (κ3) is 13.8. The van der Waals surface area contributed by atoms with E-state index in [1.807, 2.05) is 12.1 Å². The molecule has 136 heavy (non-hydrogen) atoms.